The molecule has 4 saturated heterocycles. The number of carbonyl (C=O) groups is 6. The van der Waals surface area contributed by atoms with E-state index in [0.29, 0.717) is 101 Å². The minimum Gasteiger partial charge on any atom is -0.489 e. The normalized spacial score (nSPS) is 16.1. The lowest BCUT2D eigenvalue weighted by Crippen LogP contribution is -2.48. The summed E-state index contributed by atoms with van der Waals surface area (Å²) in [7, 11) is -11.7. The van der Waals surface area contributed by atoms with Crippen molar-refractivity contribution in [3.05, 3.63) is 205 Å². The first-order valence-corrected chi connectivity index (χ1v) is 49.8. The standard InChI is InChI=1S/C46H56FN7O8S2.C42H48FN5O7S.C4H10N2O2S.3CH4/c1-5-20-48-42(55)30-54-41-28-33(46(57)49-64(60,61)50(3)21-6-2)14-17-38(41)44(32-11-8-7-9-12-32)45(54)37-18-16-36(29-39(37)47)62-31-34-27-35(53-22-10-13-43(53)56)15-19-40(34)51-23-25-52(26-24-51)63(4,58)59;1-3-17-44-38(49)26-48-37-24-29(42(51)52)11-14-34(37)40(28-8-5-4-6-9-28)41(48)33-15-13-32(25-35(33)43)55-27-30-23-31(47-18-7-10-39(47)50)12-16-36(30)45-19-21-46(22-20-45)56(2,53)54;1-3-4-6(2)9(5,7)8;;;/h5-6,14-19,27-29,32H,1-2,7-13,20-26,30-31H2,3-4H3,(H,48,55)(H,49,57);3,11-16,23-25,28H,1,4-10,17-22,26-27H2,2H3,(H,44,49)(H,51,52);3H,1,4H2,2H3,(H2,5,7,8);3*1H4. The van der Waals surface area contributed by atoms with Gasteiger partial charge in [0.05, 0.1) is 40.5 Å². The second-order valence-corrected chi connectivity index (χ2v) is 40.4. The van der Waals surface area contributed by atoms with E-state index < -0.39 is 64.0 Å². The zero-order valence-electron chi connectivity index (χ0n) is 73.2. The molecule has 6 fully saturated rings. The number of nitrogens with zero attached hydrogens (tertiary/aromatic N) is 10. The van der Waals surface area contributed by atoms with E-state index >= 15 is 8.78 Å². The zero-order chi connectivity index (χ0) is 92.8. The lowest BCUT2D eigenvalue weighted by molar-refractivity contribution is -0.122. The number of carboxylic acids is 1. The maximum atomic E-state index is 16.9. The number of halogens is 2. The third-order valence-electron chi connectivity index (χ3n) is 24.2. The molecule has 6 aromatic carbocycles. The Bertz CT molecular complexity index is 6060. The molecule has 14 rings (SSSR count). The lowest BCUT2D eigenvalue weighted by Gasteiger charge is -2.36. The van der Waals surface area contributed by atoms with Gasteiger partial charge in [-0.1, -0.05) is 97.2 Å². The van der Waals surface area contributed by atoms with Crippen LogP contribution in [0.25, 0.3) is 44.3 Å². The van der Waals surface area contributed by atoms with Gasteiger partial charge in [-0.3, -0.25) is 24.0 Å². The van der Waals surface area contributed by atoms with Crippen molar-refractivity contribution in [1.29, 1.82) is 0 Å². The van der Waals surface area contributed by atoms with Gasteiger partial charge in [0, 0.05) is 192 Å². The number of aromatic carboxylic acids is 1. The Balaban J connectivity index is 0.000000267. The molecule has 0 unspecified atom stereocenters. The number of aromatic nitrogens is 2. The minimum atomic E-state index is -4.20. The number of nitrogens with two attached hydrogens (primary N) is 1. The van der Waals surface area contributed by atoms with E-state index in [2.05, 4.69) is 51.5 Å². The van der Waals surface area contributed by atoms with Crippen LogP contribution in [-0.2, 0) is 85.9 Å². The highest BCUT2D eigenvalue weighted by Gasteiger charge is 2.36. The second-order valence-electron chi connectivity index (χ2n) is 33.0. The number of fused-ring (bicyclic) bond motifs is 2. The molecule has 6 heterocycles. The first kappa shape index (κ1) is 105. The SMILES string of the molecule is C.C.C.C=CCN(C)S(N)(=O)=O.C=CCNC(=O)Cn1c(-c2ccc(OCc3cc(N4CCCC4=O)ccc3N3CCN(S(C)(=O)=O)CC3)cc2F)c(C2CCCCC2)c2ccc(C(=O)NS(=O)(=O)N(C)CC=C)cc21.C=CCNC(=O)Cn1c(-c2ccc(OCc3cc(N4CCCC4=O)ccc3N3CCN(S(C)(=O)=O)CC3)cc2F)c(C2CCCCC2)c2ccc(C(=O)O)cc21. The molecular formula is C95H126F2N14O17S4. The fraction of sp³-hybridized carbons (Fsp3) is 0.432. The molecule has 5 amide bonds. The van der Waals surface area contributed by atoms with E-state index in [1.807, 2.05) is 36.4 Å². The molecule has 132 heavy (non-hydrogen) atoms. The van der Waals surface area contributed by atoms with Crippen molar-refractivity contribution in [3.8, 4) is 34.0 Å². The molecule has 0 atom stereocenters. The highest BCUT2D eigenvalue weighted by molar-refractivity contribution is 7.88. The Morgan fingerprint density at radius 3 is 1.24 bits per heavy atom. The fourth-order valence-corrected chi connectivity index (χ4v) is 20.5. The molecule has 6 N–H and O–H groups in total. The Morgan fingerprint density at radius 1 is 0.500 bits per heavy atom. The van der Waals surface area contributed by atoms with Gasteiger partial charge in [-0.2, -0.15) is 34.1 Å². The number of benzene rings is 6. The molecule has 2 aliphatic carbocycles. The van der Waals surface area contributed by atoms with Crippen LogP contribution in [0.1, 0.15) is 167 Å². The zero-order valence-corrected chi connectivity index (χ0v) is 76.5. The van der Waals surface area contributed by atoms with Crippen molar-refractivity contribution in [2.75, 3.05) is 138 Å². The molecule has 37 heteroatoms. The Hall–Kier alpha value is -11.2. The molecule has 2 saturated carbocycles. The largest absolute Gasteiger partial charge is 0.489 e. The van der Waals surface area contributed by atoms with Crippen LogP contribution in [0.3, 0.4) is 0 Å². The number of rotatable bonds is 33. The monoisotopic (exact) mass is 1900 g/mol. The van der Waals surface area contributed by atoms with E-state index in [9.17, 15) is 67.5 Å². The van der Waals surface area contributed by atoms with E-state index in [1.165, 1.54) is 59.5 Å². The lowest BCUT2D eigenvalue weighted by atomic mass is 9.81. The molecule has 0 radical (unpaired) electrons. The highest BCUT2D eigenvalue weighted by atomic mass is 32.2. The molecule has 0 spiro atoms. The van der Waals surface area contributed by atoms with Gasteiger partial charge in [-0.15, -0.1) is 26.3 Å². The molecule has 716 valence electrons. The van der Waals surface area contributed by atoms with Crippen molar-refractivity contribution in [2.45, 2.75) is 150 Å². The third kappa shape index (κ3) is 25.2. The number of hydrogen-bond acceptors (Lipinski definition) is 18. The van der Waals surface area contributed by atoms with E-state index in [4.69, 9.17) is 14.6 Å². The summed E-state index contributed by atoms with van der Waals surface area (Å²) < 4.78 is 152. The van der Waals surface area contributed by atoms with Crippen molar-refractivity contribution >= 4 is 121 Å². The summed E-state index contributed by atoms with van der Waals surface area (Å²) in [5.74, 6) is -3.11. The number of amides is 5. The summed E-state index contributed by atoms with van der Waals surface area (Å²) in [5.41, 5.74) is 9.09. The predicted molar refractivity (Wildman–Crippen MR) is 517 cm³/mol. The summed E-state index contributed by atoms with van der Waals surface area (Å²) in [5, 5.41) is 21.7. The van der Waals surface area contributed by atoms with Gasteiger partial charge in [-0.25, -0.2) is 40.3 Å². The number of likely N-dealkylation sites (N-methyl/N-ethyl adjacent to an activating group) is 2. The summed E-state index contributed by atoms with van der Waals surface area (Å²) in [6.07, 6.45) is 20.4. The van der Waals surface area contributed by atoms with Gasteiger partial charge in [0.1, 0.15) is 49.4 Å². The van der Waals surface area contributed by atoms with Gasteiger partial charge in [0.25, 0.3) is 16.1 Å². The van der Waals surface area contributed by atoms with Gasteiger partial charge < -0.3 is 53.9 Å². The quantitative estimate of drug-likeness (QED) is 0.0239. The van der Waals surface area contributed by atoms with Crippen molar-refractivity contribution < 1.29 is 85.8 Å². The molecule has 2 aromatic heterocycles. The first-order chi connectivity index (χ1) is 61.5. The van der Waals surface area contributed by atoms with Gasteiger partial charge in [0.2, 0.25) is 43.7 Å². The number of hydrogen-bond donors (Lipinski definition) is 5. The average molecular weight is 1900 g/mol. The molecule has 4 aliphatic heterocycles. The Labute approximate surface area is 775 Å². The van der Waals surface area contributed by atoms with Crippen LogP contribution in [-0.4, -0.2) is 219 Å². The Morgan fingerprint density at radius 2 is 0.894 bits per heavy atom. The number of carbonyl (C=O) groups excluding carboxylic acids is 5. The summed E-state index contributed by atoms with van der Waals surface area (Å²) in [6.45, 7) is 19.1. The van der Waals surface area contributed by atoms with Crippen LogP contribution in [0.15, 0.2) is 160 Å². The van der Waals surface area contributed by atoms with Gasteiger partial charge in [0.15, 0.2) is 0 Å². The highest BCUT2D eigenvalue weighted by Crippen LogP contribution is 2.48. The molecule has 6 aliphatic rings. The van der Waals surface area contributed by atoms with E-state index in [-0.39, 0.29) is 144 Å². The van der Waals surface area contributed by atoms with E-state index in [0.717, 1.165) is 141 Å². The molecule has 8 aromatic rings. The molecular weight excluding hydrogens is 1780 g/mol. The number of nitrogens with one attached hydrogen (secondary N) is 3. The van der Waals surface area contributed by atoms with Crippen molar-refractivity contribution in [1.82, 2.24) is 41.7 Å². The maximum Gasteiger partial charge on any atom is 0.335 e. The van der Waals surface area contributed by atoms with Crippen LogP contribution in [0.5, 0.6) is 11.5 Å². The van der Waals surface area contributed by atoms with Gasteiger partial charge in [-0.05, 0) is 146 Å². The minimum absolute atomic E-state index is 0. The summed E-state index contributed by atoms with van der Waals surface area (Å²) >= 11 is 0. The van der Waals surface area contributed by atoms with Crippen LogP contribution >= 0.6 is 0 Å². The smallest absolute Gasteiger partial charge is 0.335 e. The topological polar surface area (TPSA) is 376 Å². The molecule has 0 bridgehead atoms. The number of carboxylic acid groups (broad SMARTS) is 1. The number of sulfonamides is 2. The fourth-order valence-electron chi connectivity index (χ4n) is 17.7. The van der Waals surface area contributed by atoms with Crippen molar-refractivity contribution in [2.24, 2.45) is 5.14 Å². The Kier molecular flexibility index (Phi) is 36.4. The average Bonchev–Trinajstić information content (AvgIpc) is 1.59. The predicted octanol–water partition coefficient (Wildman–Crippen LogP) is 13.2. The van der Waals surface area contributed by atoms with Crippen LogP contribution in [0.2, 0.25) is 0 Å². The van der Waals surface area contributed by atoms with Crippen LogP contribution in [0, 0.1) is 11.6 Å². The third-order valence-corrected chi connectivity index (χ3v) is 29.3. The van der Waals surface area contributed by atoms with Crippen LogP contribution in [0.4, 0.5) is 31.5 Å². The number of ether oxygens (including phenoxy) is 2. The van der Waals surface area contributed by atoms with Crippen molar-refractivity contribution in [3.63, 3.8) is 0 Å². The first-order valence-electron chi connectivity index (χ1n) is 43.2. The van der Waals surface area contributed by atoms with E-state index in [1.54, 1.807) is 91.7 Å². The second kappa shape index (κ2) is 46.0. The number of piperazine rings is 2. The summed E-state index contributed by atoms with van der Waals surface area (Å²) in [6, 6.07) is 30.5. The molecule has 31 nitrogen and oxygen atoms in total. The van der Waals surface area contributed by atoms with Crippen LogP contribution < -0.4 is 49.6 Å². The number of anilines is 4. The van der Waals surface area contributed by atoms with Gasteiger partial charge >= 0.3 is 16.2 Å². The maximum absolute atomic E-state index is 16.9. The summed E-state index contributed by atoms with van der Waals surface area (Å²) in [4.78, 5) is 85.4.